The number of benzene rings is 1. The molecular weight excluding hydrogens is 338 g/mol. The van der Waals surface area contributed by atoms with Gasteiger partial charge >= 0.3 is 5.97 Å². The van der Waals surface area contributed by atoms with E-state index in [9.17, 15) is 14.4 Å². The van der Waals surface area contributed by atoms with Crippen LogP contribution in [0.25, 0.3) is 10.8 Å². The molecule has 110 valence electrons. The summed E-state index contributed by atoms with van der Waals surface area (Å²) in [6.45, 7) is 1.97. The molecule has 0 saturated heterocycles. The molecule has 6 heteroatoms. The van der Waals surface area contributed by atoms with Gasteiger partial charge in [-0.05, 0) is 24.6 Å². The number of esters is 1. The average molecular weight is 352 g/mol. The van der Waals surface area contributed by atoms with E-state index in [-0.39, 0.29) is 18.1 Å². The third kappa shape index (κ3) is 3.58. The smallest absolute Gasteiger partial charge is 0.302 e. The zero-order chi connectivity index (χ0) is 15.4. The van der Waals surface area contributed by atoms with Crippen molar-refractivity contribution < 1.29 is 14.3 Å². The van der Waals surface area contributed by atoms with E-state index in [1.54, 1.807) is 18.2 Å². The molecule has 0 saturated carbocycles. The fourth-order valence-corrected chi connectivity index (χ4v) is 2.46. The molecule has 0 spiro atoms. The van der Waals surface area contributed by atoms with Crippen LogP contribution in [0.15, 0.2) is 33.7 Å². The van der Waals surface area contributed by atoms with Crippen LogP contribution in [0.2, 0.25) is 0 Å². The summed E-state index contributed by atoms with van der Waals surface area (Å²) in [7, 11) is 0. The van der Waals surface area contributed by atoms with Crippen LogP contribution in [0.1, 0.15) is 23.7 Å². The van der Waals surface area contributed by atoms with Gasteiger partial charge in [0, 0.05) is 40.5 Å². The molecule has 0 N–H and O–H groups in total. The van der Waals surface area contributed by atoms with Crippen molar-refractivity contribution in [1.29, 1.82) is 0 Å². The second kappa shape index (κ2) is 6.67. The molecule has 1 heterocycles. The van der Waals surface area contributed by atoms with Crippen LogP contribution in [0.3, 0.4) is 0 Å². The lowest BCUT2D eigenvalue weighted by Gasteiger charge is -2.10. The van der Waals surface area contributed by atoms with Gasteiger partial charge < -0.3 is 9.30 Å². The van der Waals surface area contributed by atoms with E-state index in [1.807, 2.05) is 0 Å². The Balaban J connectivity index is 2.35. The Labute approximate surface area is 129 Å². The van der Waals surface area contributed by atoms with Crippen molar-refractivity contribution in [3.63, 3.8) is 0 Å². The van der Waals surface area contributed by atoms with Crippen molar-refractivity contribution in [1.82, 2.24) is 4.57 Å². The number of aryl methyl sites for hydroxylation is 1. The minimum atomic E-state index is -0.348. The summed E-state index contributed by atoms with van der Waals surface area (Å²) >= 11 is 3.33. The number of hydrogen-bond donors (Lipinski definition) is 0. The van der Waals surface area contributed by atoms with Gasteiger partial charge in [-0.15, -0.1) is 0 Å². The molecule has 0 aliphatic heterocycles. The van der Waals surface area contributed by atoms with Crippen LogP contribution in [-0.2, 0) is 16.1 Å². The van der Waals surface area contributed by atoms with E-state index < -0.39 is 0 Å². The Hall–Kier alpha value is -1.95. The van der Waals surface area contributed by atoms with Gasteiger partial charge in [0.2, 0.25) is 0 Å². The first-order valence-corrected chi connectivity index (χ1v) is 7.23. The van der Waals surface area contributed by atoms with Crippen LogP contribution < -0.4 is 5.56 Å². The highest BCUT2D eigenvalue weighted by molar-refractivity contribution is 9.10. The molecule has 0 bridgehead atoms. The standard InChI is InChI=1S/C15H14BrNO4/c1-10(19)21-6-2-5-17-8-11(9-18)14-7-12(16)3-4-13(14)15(17)20/h3-4,7-9H,2,5-6H2,1H3. The van der Waals surface area contributed by atoms with Gasteiger partial charge in [0.1, 0.15) is 0 Å². The molecule has 5 nitrogen and oxygen atoms in total. The summed E-state index contributed by atoms with van der Waals surface area (Å²) in [5, 5.41) is 1.12. The average Bonchev–Trinajstić information content (AvgIpc) is 2.45. The van der Waals surface area contributed by atoms with Gasteiger partial charge in [0.05, 0.1) is 6.61 Å². The number of fused-ring (bicyclic) bond motifs is 1. The van der Waals surface area contributed by atoms with E-state index in [0.29, 0.717) is 29.3 Å². The lowest BCUT2D eigenvalue weighted by atomic mass is 10.1. The largest absolute Gasteiger partial charge is 0.466 e. The monoisotopic (exact) mass is 351 g/mol. The molecule has 2 aromatic rings. The van der Waals surface area contributed by atoms with Crippen LogP contribution >= 0.6 is 15.9 Å². The number of carbonyl (C=O) groups is 2. The highest BCUT2D eigenvalue weighted by Crippen LogP contribution is 2.20. The van der Waals surface area contributed by atoms with Crippen molar-refractivity contribution in [3.05, 3.63) is 44.8 Å². The number of pyridine rings is 1. The second-order valence-electron chi connectivity index (χ2n) is 4.58. The predicted molar refractivity (Wildman–Crippen MR) is 82.5 cm³/mol. The molecule has 1 aromatic carbocycles. The molecule has 0 radical (unpaired) electrons. The number of halogens is 1. The summed E-state index contributed by atoms with van der Waals surface area (Å²) < 4.78 is 7.12. The zero-order valence-corrected chi connectivity index (χ0v) is 13.1. The Bertz CT molecular complexity index is 751. The fourth-order valence-electron chi connectivity index (χ4n) is 2.10. The topological polar surface area (TPSA) is 65.4 Å². The summed E-state index contributed by atoms with van der Waals surface area (Å²) in [5.74, 6) is -0.348. The van der Waals surface area contributed by atoms with Crippen LogP contribution in [-0.4, -0.2) is 23.4 Å². The maximum Gasteiger partial charge on any atom is 0.302 e. The van der Waals surface area contributed by atoms with Crippen LogP contribution in [0.5, 0.6) is 0 Å². The number of ether oxygens (including phenoxy) is 1. The molecule has 0 fully saturated rings. The molecule has 21 heavy (non-hydrogen) atoms. The van der Waals surface area contributed by atoms with E-state index in [0.717, 1.165) is 10.8 Å². The quantitative estimate of drug-likeness (QED) is 0.471. The zero-order valence-electron chi connectivity index (χ0n) is 11.5. The summed E-state index contributed by atoms with van der Waals surface area (Å²) in [5.41, 5.74) is 0.296. The molecule has 1 aromatic heterocycles. The number of nitrogens with zero attached hydrogens (tertiary/aromatic N) is 1. The number of aromatic nitrogens is 1. The highest BCUT2D eigenvalue weighted by Gasteiger charge is 2.09. The number of carbonyl (C=O) groups excluding carboxylic acids is 2. The summed E-state index contributed by atoms with van der Waals surface area (Å²) in [6, 6.07) is 5.21. The number of hydrogen-bond acceptors (Lipinski definition) is 4. The van der Waals surface area contributed by atoms with Crippen molar-refractivity contribution in [2.75, 3.05) is 6.61 Å². The fraction of sp³-hybridized carbons (Fsp3) is 0.267. The van der Waals surface area contributed by atoms with Crippen molar-refractivity contribution in [2.45, 2.75) is 19.9 Å². The second-order valence-corrected chi connectivity index (χ2v) is 5.50. The third-order valence-electron chi connectivity index (χ3n) is 3.05. The molecule has 0 aliphatic carbocycles. The Kier molecular flexibility index (Phi) is 4.90. The van der Waals surface area contributed by atoms with E-state index in [1.165, 1.54) is 17.7 Å². The number of aldehydes is 1. The van der Waals surface area contributed by atoms with E-state index in [2.05, 4.69) is 15.9 Å². The van der Waals surface area contributed by atoms with Crippen molar-refractivity contribution >= 4 is 39.0 Å². The third-order valence-corrected chi connectivity index (χ3v) is 3.55. The predicted octanol–water partition coefficient (Wildman–Crippen LogP) is 2.53. The molecule has 0 atom stereocenters. The molecule has 2 rings (SSSR count). The summed E-state index contributed by atoms with van der Waals surface area (Å²) in [4.78, 5) is 34.3. The van der Waals surface area contributed by atoms with Gasteiger partial charge in [-0.1, -0.05) is 15.9 Å². The Morgan fingerprint density at radius 1 is 1.38 bits per heavy atom. The minimum Gasteiger partial charge on any atom is -0.466 e. The van der Waals surface area contributed by atoms with Gasteiger partial charge in [0.25, 0.3) is 5.56 Å². The highest BCUT2D eigenvalue weighted by atomic mass is 79.9. The maximum atomic E-state index is 12.4. The van der Waals surface area contributed by atoms with Gasteiger partial charge in [0.15, 0.2) is 6.29 Å². The maximum absolute atomic E-state index is 12.4. The first kappa shape index (κ1) is 15.4. The Morgan fingerprint density at radius 3 is 2.81 bits per heavy atom. The van der Waals surface area contributed by atoms with Crippen LogP contribution in [0, 0.1) is 0 Å². The lowest BCUT2D eigenvalue weighted by Crippen LogP contribution is -2.21. The molecule has 0 aliphatic rings. The molecular formula is C15H14BrNO4. The number of rotatable bonds is 5. The lowest BCUT2D eigenvalue weighted by molar-refractivity contribution is -0.141. The van der Waals surface area contributed by atoms with E-state index >= 15 is 0 Å². The SMILES string of the molecule is CC(=O)OCCCn1cc(C=O)c2cc(Br)ccc2c1=O. The molecule has 0 amide bonds. The molecule has 0 unspecified atom stereocenters. The normalized spacial score (nSPS) is 10.6. The van der Waals surface area contributed by atoms with Crippen LogP contribution in [0.4, 0.5) is 0 Å². The van der Waals surface area contributed by atoms with Gasteiger partial charge in [-0.2, -0.15) is 0 Å². The van der Waals surface area contributed by atoms with Gasteiger partial charge in [-0.3, -0.25) is 14.4 Å². The van der Waals surface area contributed by atoms with Crippen molar-refractivity contribution in [2.24, 2.45) is 0 Å². The van der Waals surface area contributed by atoms with Crippen molar-refractivity contribution in [3.8, 4) is 0 Å². The van der Waals surface area contributed by atoms with E-state index in [4.69, 9.17) is 4.74 Å². The summed E-state index contributed by atoms with van der Waals surface area (Å²) in [6.07, 6.45) is 2.79. The minimum absolute atomic E-state index is 0.161. The van der Waals surface area contributed by atoms with Gasteiger partial charge in [-0.25, -0.2) is 0 Å². The first-order valence-electron chi connectivity index (χ1n) is 6.44. The first-order chi connectivity index (χ1) is 10.0. The Morgan fingerprint density at radius 2 is 2.14 bits per heavy atom.